The van der Waals surface area contributed by atoms with Crippen LogP contribution in [0, 0.1) is 5.92 Å². The minimum absolute atomic E-state index is 0.569. The summed E-state index contributed by atoms with van der Waals surface area (Å²) in [6, 6.07) is 0.569. The molecule has 1 aromatic rings. The fourth-order valence-corrected chi connectivity index (χ4v) is 4.48. The van der Waals surface area contributed by atoms with Gasteiger partial charge in [0, 0.05) is 45.6 Å². The van der Waals surface area contributed by atoms with Crippen molar-refractivity contribution in [3.8, 4) is 0 Å². The van der Waals surface area contributed by atoms with E-state index in [4.69, 9.17) is 4.74 Å². The van der Waals surface area contributed by atoms with Crippen molar-refractivity contribution in [3.63, 3.8) is 0 Å². The number of hydrogen-bond donors (Lipinski definition) is 0. The summed E-state index contributed by atoms with van der Waals surface area (Å²) in [5.74, 6) is 0.814. The molecule has 0 N–H and O–H groups in total. The molecule has 0 saturated carbocycles. The van der Waals surface area contributed by atoms with Crippen molar-refractivity contribution >= 4 is 0 Å². The molecule has 0 spiro atoms. The molecular formula is C18H30N4O. The van der Waals surface area contributed by atoms with Crippen LogP contribution in [0.5, 0.6) is 0 Å². The van der Waals surface area contributed by atoms with E-state index in [1.165, 1.54) is 70.5 Å². The van der Waals surface area contributed by atoms with Gasteiger partial charge in [0.1, 0.15) is 0 Å². The number of fused-ring (bicyclic) bond motifs is 1. The zero-order valence-corrected chi connectivity index (χ0v) is 14.2. The summed E-state index contributed by atoms with van der Waals surface area (Å²) in [5.41, 5.74) is 1.39. The predicted molar refractivity (Wildman–Crippen MR) is 90.4 cm³/mol. The first-order valence-electron chi connectivity index (χ1n) is 9.41. The Morgan fingerprint density at radius 3 is 2.70 bits per heavy atom. The maximum Gasteiger partial charge on any atom is 0.0952 e. The second kappa shape index (κ2) is 7.32. The van der Waals surface area contributed by atoms with Crippen LogP contribution in [0.2, 0.25) is 0 Å². The monoisotopic (exact) mass is 318 g/mol. The molecule has 0 amide bonds. The standard InChI is InChI=1S/C18H30N4O/c1-2-6-20(7-3-1)13-18-14-21(11-16-4-8-23-9-5-16)12-17-10-19-15-22(17)18/h10,15-16,18H,1-9,11-14H2/t18-/m1/s1. The minimum Gasteiger partial charge on any atom is -0.381 e. The van der Waals surface area contributed by atoms with Crippen LogP contribution in [0.4, 0.5) is 0 Å². The Labute approximate surface area is 139 Å². The van der Waals surface area contributed by atoms with E-state index in [1.54, 1.807) is 0 Å². The predicted octanol–water partition coefficient (Wildman–Crippen LogP) is 2.15. The van der Waals surface area contributed by atoms with Crippen LogP contribution in [-0.4, -0.2) is 65.3 Å². The number of hydrogen-bond acceptors (Lipinski definition) is 4. The van der Waals surface area contributed by atoms with Gasteiger partial charge in [0.05, 0.1) is 18.1 Å². The molecule has 0 aliphatic carbocycles. The zero-order valence-electron chi connectivity index (χ0n) is 14.2. The first kappa shape index (κ1) is 15.6. The third kappa shape index (κ3) is 3.78. The second-order valence-corrected chi connectivity index (χ2v) is 7.56. The highest BCUT2D eigenvalue weighted by molar-refractivity contribution is 5.05. The third-order valence-electron chi connectivity index (χ3n) is 5.77. The number of nitrogens with zero attached hydrogens (tertiary/aromatic N) is 4. The number of ether oxygens (including phenoxy) is 1. The molecular weight excluding hydrogens is 288 g/mol. The number of aromatic nitrogens is 2. The molecule has 3 aliphatic rings. The Morgan fingerprint density at radius 1 is 1.04 bits per heavy atom. The van der Waals surface area contributed by atoms with Crippen LogP contribution in [-0.2, 0) is 11.3 Å². The molecule has 2 saturated heterocycles. The Kier molecular flexibility index (Phi) is 4.97. The normalized spacial score (nSPS) is 27.9. The van der Waals surface area contributed by atoms with E-state index in [-0.39, 0.29) is 0 Å². The molecule has 0 radical (unpaired) electrons. The highest BCUT2D eigenvalue weighted by atomic mass is 16.5. The van der Waals surface area contributed by atoms with E-state index in [0.29, 0.717) is 6.04 Å². The molecule has 0 bridgehead atoms. The topological polar surface area (TPSA) is 33.5 Å². The van der Waals surface area contributed by atoms with Gasteiger partial charge in [-0.05, 0) is 44.7 Å². The molecule has 0 aromatic carbocycles. The van der Waals surface area contributed by atoms with Gasteiger partial charge in [-0.2, -0.15) is 0 Å². The lowest BCUT2D eigenvalue weighted by Crippen LogP contribution is -2.45. The third-order valence-corrected chi connectivity index (χ3v) is 5.77. The SMILES string of the molecule is c1ncn2c1CN(CC1CCOCC1)C[C@H]2CN1CCCCC1. The van der Waals surface area contributed by atoms with Gasteiger partial charge >= 0.3 is 0 Å². The molecule has 1 atom stereocenters. The van der Waals surface area contributed by atoms with Gasteiger partial charge in [-0.15, -0.1) is 0 Å². The largest absolute Gasteiger partial charge is 0.381 e. The van der Waals surface area contributed by atoms with E-state index in [1.807, 2.05) is 0 Å². The first-order valence-corrected chi connectivity index (χ1v) is 9.41. The summed E-state index contributed by atoms with van der Waals surface area (Å²) in [6.07, 6.45) is 10.7. The van der Waals surface area contributed by atoms with Gasteiger partial charge in [-0.25, -0.2) is 4.98 Å². The number of likely N-dealkylation sites (tertiary alicyclic amines) is 1. The van der Waals surface area contributed by atoms with Crippen molar-refractivity contribution in [3.05, 3.63) is 18.2 Å². The summed E-state index contributed by atoms with van der Waals surface area (Å²) in [4.78, 5) is 9.76. The zero-order chi connectivity index (χ0) is 15.5. The van der Waals surface area contributed by atoms with Gasteiger partial charge in [-0.3, -0.25) is 4.90 Å². The van der Waals surface area contributed by atoms with Gasteiger partial charge in [-0.1, -0.05) is 6.42 Å². The Bertz CT molecular complexity index is 491. The van der Waals surface area contributed by atoms with Crippen LogP contribution in [0.1, 0.15) is 43.8 Å². The van der Waals surface area contributed by atoms with Crippen molar-refractivity contribution in [2.75, 3.05) is 45.9 Å². The van der Waals surface area contributed by atoms with E-state index in [9.17, 15) is 0 Å². The quantitative estimate of drug-likeness (QED) is 0.852. The summed E-state index contributed by atoms with van der Waals surface area (Å²) in [5, 5.41) is 0. The van der Waals surface area contributed by atoms with Crippen molar-refractivity contribution in [1.29, 1.82) is 0 Å². The molecule has 0 unspecified atom stereocenters. The average molecular weight is 318 g/mol. The molecule has 5 nitrogen and oxygen atoms in total. The summed E-state index contributed by atoms with van der Waals surface area (Å²) < 4.78 is 7.95. The van der Waals surface area contributed by atoms with Gasteiger partial charge < -0.3 is 14.2 Å². The highest BCUT2D eigenvalue weighted by Crippen LogP contribution is 2.25. The minimum atomic E-state index is 0.569. The fourth-order valence-electron chi connectivity index (χ4n) is 4.48. The molecule has 5 heteroatoms. The van der Waals surface area contributed by atoms with Crippen LogP contribution >= 0.6 is 0 Å². The fraction of sp³-hybridized carbons (Fsp3) is 0.833. The Balaban J connectivity index is 1.41. The molecule has 3 aliphatic heterocycles. The maximum absolute atomic E-state index is 5.52. The molecule has 1 aromatic heterocycles. The average Bonchev–Trinajstić information content (AvgIpc) is 3.05. The Morgan fingerprint density at radius 2 is 1.87 bits per heavy atom. The molecule has 23 heavy (non-hydrogen) atoms. The number of rotatable bonds is 4. The lowest BCUT2D eigenvalue weighted by Gasteiger charge is -2.39. The smallest absolute Gasteiger partial charge is 0.0952 e. The van der Waals surface area contributed by atoms with Crippen LogP contribution in [0.15, 0.2) is 12.5 Å². The molecule has 4 rings (SSSR count). The van der Waals surface area contributed by atoms with E-state index >= 15 is 0 Å². The molecule has 4 heterocycles. The maximum atomic E-state index is 5.52. The summed E-state index contributed by atoms with van der Waals surface area (Å²) in [6.45, 7) is 9.12. The summed E-state index contributed by atoms with van der Waals surface area (Å²) >= 11 is 0. The van der Waals surface area contributed by atoms with Gasteiger partial charge in [0.25, 0.3) is 0 Å². The molecule has 128 valence electrons. The lowest BCUT2D eigenvalue weighted by molar-refractivity contribution is 0.0430. The second-order valence-electron chi connectivity index (χ2n) is 7.56. The highest BCUT2D eigenvalue weighted by Gasteiger charge is 2.28. The van der Waals surface area contributed by atoms with Crippen LogP contribution in [0.25, 0.3) is 0 Å². The van der Waals surface area contributed by atoms with Crippen molar-refractivity contribution in [2.24, 2.45) is 5.92 Å². The van der Waals surface area contributed by atoms with Crippen LogP contribution in [0.3, 0.4) is 0 Å². The first-order chi connectivity index (χ1) is 11.4. The number of piperidine rings is 1. The van der Waals surface area contributed by atoms with Crippen molar-refractivity contribution < 1.29 is 4.74 Å². The number of imidazole rings is 1. The molecule has 2 fully saturated rings. The summed E-state index contributed by atoms with van der Waals surface area (Å²) in [7, 11) is 0. The van der Waals surface area contributed by atoms with Crippen molar-refractivity contribution in [1.82, 2.24) is 19.4 Å². The van der Waals surface area contributed by atoms with E-state index in [2.05, 4.69) is 31.9 Å². The van der Waals surface area contributed by atoms with Gasteiger partial charge in [0.2, 0.25) is 0 Å². The van der Waals surface area contributed by atoms with E-state index < -0.39 is 0 Å². The lowest BCUT2D eigenvalue weighted by atomic mass is 9.98. The van der Waals surface area contributed by atoms with Gasteiger partial charge in [0.15, 0.2) is 0 Å². The van der Waals surface area contributed by atoms with Crippen LogP contribution < -0.4 is 0 Å². The van der Waals surface area contributed by atoms with E-state index in [0.717, 1.165) is 25.7 Å². The Hall–Kier alpha value is -0.910. The van der Waals surface area contributed by atoms with Crippen molar-refractivity contribution in [2.45, 2.75) is 44.7 Å².